The highest BCUT2D eigenvalue weighted by atomic mass is 19.1. The van der Waals surface area contributed by atoms with Gasteiger partial charge in [0.1, 0.15) is 0 Å². The van der Waals surface area contributed by atoms with Gasteiger partial charge in [-0.2, -0.15) is 0 Å². The van der Waals surface area contributed by atoms with Crippen LogP contribution in [-0.2, 0) is 11.3 Å². The first-order valence-corrected chi connectivity index (χ1v) is 8.02. The molecule has 2 aromatic rings. The van der Waals surface area contributed by atoms with Crippen LogP contribution >= 0.6 is 0 Å². The first kappa shape index (κ1) is 17.3. The minimum Gasteiger partial charge on any atom is -0.503 e. The molecule has 1 N–H and O–H groups in total. The quantitative estimate of drug-likeness (QED) is 0.902. The molecule has 1 aromatic heterocycles. The van der Waals surface area contributed by atoms with Crippen molar-refractivity contribution in [2.24, 2.45) is 0 Å². The Hall–Kier alpha value is -2.54. The number of pyridine rings is 1. The fourth-order valence-corrected chi connectivity index (χ4v) is 2.84. The van der Waals surface area contributed by atoms with E-state index >= 15 is 0 Å². The van der Waals surface area contributed by atoms with Gasteiger partial charge in [0, 0.05) is 37.7 Å². The Morgan fingerprint density at radius 1 is 1.36 bits per heavy atom. The summed E-state index contributed by atoms with van der Waals surface area (Å²) >= 11 is 0. The third kappa shape index (κ3) is 4.11. The van der Waals surface area contributed by atoms with Gasteiger partial charge >= 0.3 is 0 Å². The molecule has 2 heterocycles. The number of nitrogens with zero attached hydrogens (tertiary/aromatic N) is 2. The van der Waals surface area contributed by atoms with Crippen LogP contribution in [0.2, 0.25) is 0 Å². The molecule has 0 spiro atoms. The largest absolute Gasteiger partial charge is 0.503 e. The van der Waals surface area contributed by atoms with Crippen LogP contribution in [0.25, 0.3) is 0 Å². The molecular formula is C18H18F2N2O3. The van der Waals surface area contributed by atoms with Crippen molar-refractivity contribution in [3.8, 4) is 5.75 Å². The van der Waals surface area contributed by atoms with Crippen molar-refractivity contribution < 1.29 is 23.4 Å². The van der Waals surface area contributed by atoms with Gasteiger partial charge in [0.25, 0.3) is 5.91 Å². The summed E-state index contributed by atoms with van der Waals surface area (Å²) in [7, 11) is 0. The molecule has 132 valence electrons. The number of aromatic nitrogens is 1. The second-order valence-electron chi connectivity index (χ2n) is 5.97. The van der Waals surface area contributed by atoms with Crippen molar-refractivity contribution in [1.82, 2.24) is 9.88 Å². The molecule has 1 saturated heterocycles. The van der Waals surface area contributed by atoms with Crippen molar-refractivity contribution in [2.75, 3.05) is 13.2 Å². The molecule has 0 radical (unpaired) electrons. The molecule has 1 aromatic carbocycles. The number of amides is 1. The van der Waals surface area contributed by atoms with E-state index in [1.807, 2.05) is 6.07 Å². The van der Waals surface area contributed by atoms with Crippen molar-refractivity contribution in [2.45, 2.75) is 25.5 Å². The highest BCUT2D eigenvalue weighted by Crippen LogP contribution is 2.23. The van der Waals surface area contributed by atoms with Crippen LogP contribution in [0.3, 0.4) is 0 Å². The standard InChI is InChI=1S/C18H18F2N2O3/c19-15-7-13(8-16(20)17(15)23)18(24)22(11-14-4-2-6-25-14)10-12-3-1-5-21-9-12/h1,3,5,7-9,14,23H,2,4,6,10-11H2/t14-/m1/s1. The maximum Gasteiger partial charge on any atom is 0.254 e. The van der Waals surface area contributed by atoms with Crippen LogP contribution < -0.4 is 0 Å². The van der Waals surface area contributed by atoms with Gasteiger partial charge < -0.3 is 14.7 Å². The predicted molar refractivity (Wildman–Crippen MR) is 86.0 cm³/mol. The van der Waals surface area contributed by atoms with Gasteiger partial charge in [0.15, 0.2) is 17.4 Å². The number of carbonyl (C=O) groups is 1. The average Bonchev–Trinajstić information content (AvgIpc) is 3.12. The number of rotatable bonds is 5. The number of benzene rings is 1. The Balaban J connectivity index is 1.85. The summed E-state index contributed by atoms with van der Waals surface area (Å²) in [5.41, 5.74) is 0.642. The van der Waals surface area contributed by atoms with Crippen LogP contribution in [0.1, 0.15) is 28.8 Å². The molecule has 7 heteroatoms. The Bertz CT molecular complexity index is 726. The lowest BCUT2D eigenvalue weighted by Gasteiger charge is -2.25. The molecule has 0 unspecified atom stereocenters. The highest BCUT2D eigenvalue weighted by molar-refractivity contribution is 5.94. The molecule has 0 saturated carbocycles. The highest BCUT2D eigenvalue weighted by Gasteiger charge is 2.25. The van der Waals surface area contributed by atoms with Crippen LogP contribution in [0, 0.1) is 11.6 Å². The van der Waals surface area contributed by atoms with Crippen molar-refractivity contribution in [3.05, 3.63) is 59.4 Å². The molecule has 1 atom stereocenters. The third-order valence-corrected chi connectivity index (χ3v) is 4.10. The minimum absolute atomic E-state index is 0.104. The Kier molecular flexibility index (Phi) is 5.23. The summed E-state index contributed by atoms with van der Waals surface area (Å²) in [5.74, 6) is -3.95. The number of aromatic hydroxyl groups is 1. The summed E-state index contributed by atoms with van der Waals surface area (Å²) in [6.07, 6.45) is 4.90. The smallest absolute Gasteiger partial charge is 0.254 e. The molecule has 5 nitrogen and oxygen atoms in total. The fraction of sp³-hybridized carbons (Fsp3) is 0.333. The van der Waals surface area contributed by atoms with Crippen LogP contribution in [0.4, 0.5) is 8.78 Å². The van der Waals surface area contributed by atoms with Crippen molar-refractivity contribution >= 4 is 5.91 Å². The molecule has 3 rings (SSSR count). The monoisotopic (exact) mass is 348 g/mol. The number of carbonyl (C=O) groups excluding carboxylic acids is 1. The van der Waals surface area contributed by atoms with Gasteiger partial charge in [-0.05, 0) is 36.6 Å². The number of phenols is 1. The Labute approximate surface area is 143 Å². The fourth-order valence-electron chi connectivity index (χ4n) is 2.84. The molecule has 1 amide bonds. The predicted octanol–water partition coefficient (Wildman–Crippen LogP) is 2.89. The van der Waals surface area contributed by atoms with E-state index in [2.05, 4.69) is 4.98 Å². The molecule has 1 aliphatic rings. The van der Waals surface area contributed by atoms with E-state index in [1.54, 1.807) is 18.5 Å². The van der Waals surface area contributed by atoms with E-state index in [-0.39, 0.29) is 18.2 Å². The first-order valence-electron chi connectivity index (χ1n) is 8.02. The molecule has 0 aliphatic carbocycles. The molecule has 1 fully saturated rings. The van der Waals surface area contributed by atoms with Gasteiger partial charge in [0.05, 0.1) is 6.10 Å². The van der Waals surface area contributed by atoms with Crippen molar-refractivity contribution in [3.63, 3.8) is 0 Å². The normalized spacial score (nSPS) is 16.8. The lowest BCUT2D eigenvalue weighted by molar-refractivity contribution is 0.0506. The van der Waals surface area contributed by atoms with Crippen LogP contribution in [0.15, 0.2) is 36.7 Å². The van der Waals surface area contributed by atoms with E-state index in [1.165, 1.54) is 4.90 Å². The lowest BCUT2D eigenvalue weighted by Crippen LogP contribution is -2.37. The molecular weight excluding hydrogens is 330 g/mol. The first-order chi connectivity index (χ1) is 12.0. The summed E-state index contributed by atoms with van der Waals surface area (Å²) in [4.78, 5) is 18.3. The van der Waals surface area contributed by atoms with Crippen molar-refractivity contribution in [1.29, 1.82) is 0 Å². The maximum absolute atomic E-state index is 13.6. The van der Waals surface area contributed by atoms with Gasteiger partial charge in [-0.1, -0.05) is 6.07 Å². The van der Waals surface area contributed by atoms with Crippen LogP contribution in [-0.4, -0.2) is 40.2 Å². The number of halogens is 2. The maximum atomic E-state index is 13.6. The summed E-state index contributed by atoms with van der Waals surface area (Å²) in [6, 6.07) is 5.25. The van der Waals surface area contributed by atoms with E-state index in [4.69, 9.17) is 4.74 Å². The zero-order valence-corrected chi connectivity index (χ0v) is 13.5. The topological polar surface area (TPSA) is 62.7 Å². The minimum atomic E-state index is -1.17. The summed E-state index contributed by atoms with van der Waals surface area (Å²) in [5, 5.41) is 9.21. The molecule has 25 heavy (non-hydrogen) atoms. The van der Waals surface area contributed by atoms with E-state index in [0.717, 1.165) is 30.5 Å². The average molecular weight is 348 g/mol. The SMILES string of the molecule is O=C(c1cc(F)c(O)c(F)c1)N(Cc1cccnc1)C[C@H]1CCCO1. The Morgan fingerprint density at radius 2 is 2.12 bits per heavy atom. The van der Waals surface area contributed by atoms with E-state index in [0.29, 0.717) is 13.2 Å². The van der Waals surface area contributed by atoms with Crippen LogP contribution in [0.5, 0.6) is 5.75 Å². The van der Waals surface area contributed by atoms with Gasteiger partial charge in [-0.15, -0.1) is 0 Å². The number of hydrogen-bond acceptors (Lipinski definition) is 4. The molecule has 0 bridgehead atoms. The second kappa shape index (κ2) is 7.57. The van der Waals surface area contributed by atoms with Gasteiger partial charge in [-0.25, -0.2) is 8.78 Å². The zero-order valence-electron chi connectivity index (χ0n) is 13.5. The lowest BCUT2D eigenvalue weighted by atomic mass is 10.1. The summed E-state index contributed by atoms with van der Waals surface area (Å²) < 4.78 is 32.8. The zero-order chi connectivity index (χ0) is 17.8. The second-order valence-corrected chi connectivity index (χ2v) is 5.97. The van der Waals surface area contributed by atoms with E-state index < -0.39 is 23.3 Å². The van der Waals surface area contributed by atoms with Gasteiger partial charge in [0.2, 0.25) is 0 Å². The third-order valence-electron chi connectivity index (χ3n) is 4.10. The summed E-state index contributed by atoms with van der Waals surface area (Å²) in [6.45, 7) is 1.20. The number of ether oxygens (including phenoxy) is 1. The van der Waals surface area contributed by atoms with E-state index in [9.17, 15) is 18.7 Å². The molecule has 1 aliphatic heterocycles. The number of phenolic OH excluding ortho intramolecular Hbond substituents is 1. The Morgan fingerprint density at radius 3 is 2.72 bits per heavy atom. The van der Waals surface area contributed by atoms with Gasteiger partial charge in [-0.3, -0.25) is 9.78 Å². The number of hydrogen-bond donors (Lipinski definition) is 1.